The molecule has 0 fully saturated rings. The molecule has 3 aromatic carbocycles. The minimum absolute atomic E-state index is 0.0257. The maximum Gasteiger partial charge on any atom is 0.290 e. The number of amides is 1. The lowest BCUT2D eigenvalue weighted by Crippen LogP contribution is -2.37. The summed E-state index contributed by atoms with van der Waals surface area (Å²) < 4.78 is 44.5. The van der Waals surface area contributed by atoms with E-state index < -0.39 is 22.2 Å². The average molecular weight is 568 g/mol. The summed E-state index contributed by atoms with van der Waals surface area (Å²) in [5.41, 5.74) is 7.83. The maximum atomic E-state index is 13.2. The van der Waals surface area contributed by atoms with Crippen molar-refractivity contribution in [3.63, 3.8) is 0 Å². The van der Waals surface area contributed by atoms with Gasteiger partial charge in [0, 0.05) is 25.4 Å². The molecule has 0 aliphatic carbocycles. The number of aliphatic hydroxyl groups excluding tert-OH is 1. The lowest BCUT2D eigenvalue weighted by molar-refractivity contribution is -0.143. The first-order valence-corrected chi connectivity index (χ1v) is 14.2. The van der Waals surface area contributed by atoms with E-state index in [9.17, 15) is 18.3 Å². The number of hydrogen-bond acceptors (Lipinski definition) is 8. The fourth-order valence-corrected chi connectivity index (χ4v) is 5.71. The lowest BCUT2D eigenvalue weighted by Gasteiger charge is -2.30. The van der Waals surface area contributed by atoms with Gasteiger partial charge in [-0.25, -0.2) is 8.42 Å². The highest BCUT2D eigenvalue weighted by Crippen LogP contribution is 2.32. The summed E-state index contributed by atoms with van der Waals surface area (Å²) >= 11 is 0. The van der Waals surface area contributed by atoms with Crippen molar-refractivity contribution >= 4 is 27.3 Å². The number of nitrogens with zero attached hydrogens (tertiary/aromatic N) is 1. The first-order chi connectivity index (χ1) is 19.3. The zero-order valence-electron chi connectivity index (χ0n) is 22.1. The van der Waals surface area contributed by atoms with Crippen LogP contribution in [0.2, 0.25) is 0 Å². The van der Waals surface area contributed by atoms with Gasteiger partial charge in [0.1, 0.15) is 5.75 Å². The third kappa shape index (κ3) is 7.19. The Balaban J connectivity index is 1.46. The molecule has 1 aliphatic rings. The fraction of sp³-hybridized carbons (Fsp3) is 0.276. The molecule has 1 aliphatic heterocycles. The van der Waals surface area contributed by atoms with Gasteiger partial charge in [0.05, 0.1) is 36.6 Å². The molecule has 1 heterocycles. The van der Waals surface area contributed by atoms with Gasteiger partial charge in [-0.3, -0.25) is 4.79 Å². The van der Waals surface area contributed by atoms with Crippen molar-refractivity contribution in [2.45, 2.75) is 23.5 Å². The third-order valence-corrected chi connectivity index (χ3v) is 8.32. The molecule has 0 saturated heterocycles. The van der Waals surface area contributed by atoms with Crippen molar-refractivity contribution in [3.8, 4) is 5.75 Å². The lowest BCUT2D eigenvalue weighted by atomic mass is 9.93. The molecule has 1 amide bonds. The number of aliphatic hydroxyl groups is 1. The molecule has 40 heavy (non-hydrogen) atoms. The normalized spacial score (nSPS) is 17.1. The average Bonchev–Trinajstić information content (AvgIpc) is 2.98. The predicted molar refractivity (Wildman–Crippen MR) is 151 cm³/mol. The SMILES string of the molecule is COc1ccc(S(=O)(=O)N(CCO)CCO[C@@H]2C[C@H](c3ccccc3)C=C(C(=O)Nc3ccccc3N)O2)cc1. The van der Waals surface area contributed by atoms with Gasteiger partial charge in [-0.2, -0.15) is 4.31 Å². The molecular weight excluding hydrogens is 534 g/mol. The highest BCUT2D eigenvalue weighted by Gasteiger charge is 2.30. The number of benzene rings is 3. The Morgan fingerprint density at radius 3 is 2.42 bits per heavy atom. The van der Waals surface area contributed by atoms with Crippen LogP contribution in [-0.4, -0.2) is 63.4 Å². The van der Waals surface area contributed by atoms with Crippen LogP contribution in [0.3, 0.4) is 0 Å². The van der Waals surface area contributed by atoms with Gasteiger partial charge in [-0.05, 0) is 48.0 Å². The number of hydrogen-bond donors (Lipinski definition) is 3. The molecule has 212 valence electrons. The Bertz CT molecular complexity index is 1410. The van der Waals surface area contributed by atoms with Crippen LogP contribution in [-0.2, 0) is 24.3 Å². The first-order valence-electron chi connectivity index (χ1n) is 12.8. The Morgan fingerprint density at radius 2 is 1.75 bits per heavy atom. The van der Waals surface area contributed by atoms with Crippen LogP contribution < -0.4 is 15.8 Å². The van der Waals surface area contributed by atoms with E-state index in [0.717, 1.165) is 9.87 Å². The molecule has 0 aromatic heterocycles. The van der Waals surface area contributed by atoms with E-state index in [4.69, 9.17) is 19.9 Å². The van der Waals surface area contributed by atoms with E-state index in [-0.39, 0.29) is 42.9 Å². The van der Waals surface area contributed by atoms with Crippen LogP contribution in [0.1, 0.15) is 17.9 Å². The highest BCUT2D eigenvalue weighted by atomic mass is 32.2. The summed E-state index contributed by atoms with van der Waals surface area (Å²) in [5, 5.41) is 12.3. The Morgan fingerprint density at radius 1 is 1.05 bits per heavy atom. The number of sulfonamides is 1. The highest BCUT2D eigenvalue weighted by molar-refractivity contribution is 7.89. The van der Waals surface area contributed by atoms with E-state index in [0.29, 0.717) is 23.5 Å². The maximum absolute atomic E-state index is 13.2. The van der Waals surface area contributed by atoms with Crippen LogP contribution in [0.5, 0.6) is 5.75 Å². The number of anilines is 2. The molecule has 0 saturated carbocycles. The van der Waals surface area contributed by atoms with Crippen LogP contribution in [0, 0.1) is 0 Å². The van der Waals surface area contributed by atoms with Gasteiger partial charge in [0.25, 0.3) is 5.91 Å². The number of methoxy groups -OCH3 is 1. The Labute approximate surface area is 234 Å². The van der Waals surface area contributed by atoms with Crippen molar-refractivity contribution in [1.29, 1.82) is 0 Å². The summed E-state index contributed by atoms with van der Waals surface area (Å²) in [7, 11) is -2.40. The molecule has 0 unspecified atom stereocenters. The topological polar surface area (TPSA) is 140 Å². The predicted octanol–water partition coefficient (Wildman–Crippen LogP) is 3.33. The number of ether oxygens (including phenoxy) is 3. The van der Waals surface area contributed by atoms with Crippen molar-refractivity contribution < 1.29 is 32.5 Å². The number of allylic oxidation sites excluding steroid dienone is 1. The zero-order chi connectivity index (χ0) is 28.5. The minimum atomic E-state index is -3.90. The van der Waals surface area contributed by atoms with E-state index in [1.165, 1.54) is 19.2 Å². The van der Waals surface area contributed by atoms with Crippen LogP contribution in [0.15, 0.2) is 95.6 Å². The standard InChI is InChI=1S/C29H33N3O7S/c1-37-23-11-13-24(14-12-23)40(35,36)32(15-17-33)16-18-38-28-20-22(21-7-3-2-4-8-21)19-27(39-28)29(34)31-26-10-6-5-9-25(26)30/h2-14,19,22,28,33H,15-18,20,30H2,1H3,(H,31,34)/t22-,28+/m1/s1. The van der Waals surface area contributed by atoms with Crippen molar-refractivity contribution in [2.75, 3.05) is 44.5 Å². The van der Waals surface area contributed by atoms with Crippen molar-refractivity contribution in [1.82, 2.24) is 4.31 Å². The quantitative estimate of drug-likeness (QED) is 0.283. The number of nitrogens with two attached hydrogens (primary N) is 1. The molecule has 3 aromatic rings. The number of carbonyl (C=O) groups is 1. The van der Waals surface area contributed by atoms with E-state index >= 15 is 0 Å². The Hall–Kier alpha value is -3.90. The van der Waals surface area contributed by atoms with Gasteiger partial charge < -0.3 is 30.4 Å². The van der Waals surface area contributed by atoms with Gasteiger partial charge in [0.15, 0.2) is 5.76 Å². The number of carbonyl (C=O) groups excluding carboxylic acids is 1. The largest absolute Gasteiger partial charge is 0.497 e. The van der Waals surface area contributed by atoms with Gasteiger partial charge in [-0.1, -0.05) is 42.5 Å². The van der Waals surface area contributed by atoms with Crippen molar-refractivity contribution in [2.24, 2.45) is 0 Å². The van der Waals surface area contributed by atoms with Gasteiger partial charge in [0.2, 0.25) is 16.3 Å². The molecule has 10 nitrogen and oxygen atoms in total. The summed E-state index contributed by atoms with van der Waals surface area (Å²) in [6, 6.07) is 22.6. The number of para-hydroxylation sites is 2. The van der Waals surface area contributed by atoms with E-state index in [1.54, 1.807) is 42.5 Å². The number of nitrogens with one attached hydrogen (secondary N) is 1. The van der Waals surface area contributed by atoms with Gasteiger partial charge >= 0.3 is 0 Å². The second kappa shape index (κ2) is 13.4. The van der Waals surface area contributed by atoms with Crippen LogP contribution in [0.25, 0.3) is 0 Å². The van der Waals surface area contributed by atoms with E-state index in [1.807, 2.05) is 30.3 Å². The zero-order valence-corrected chi connectivity index (χ0v) is 22.9. The second-order valence-electron chi connectivity index (χ2n) is 9.05. The third-order valence-electron chi connectivity index (χ3n) is 6.41. The summed E-state index contributed by atoms with van der Waals surface area (Å²) in [4.78, 5) is 13.2. The smallest absolute Gasteiger partial charge is 0.290 e. The second-order valence-corrected chi connectivity index (χ2v) is 11.0. The molecule has 0 spiro atoms. The van der Waals surface area contributed by atoms with Crippen LogP contribution in [0.4, 0.5) is 11.4 Å². The minimum Gasteiger partial charge on any atom is -0.497 e. The molecule has 2 atom stereocenters. The summed E-state index contributed by atoms with van der Waals surface area (Å²) in [6.45, 7) is -0.526. The molecule has 11 heteroatoms. The van der Waals surface area contributed by atoms with Gasteiger partial charge in [-0.15, -0.1) is 0 Å². The van der Waals surface area contributed by atoms with Crippen LogP contribution >= 0.6 is 0 Å². The Kier molecular flexibility index (Phi) is 9.78. The van der Waals surface area contributed by atoms with E-state index in [2.05, 4.69) is 5.32 Å². The molecular formula is C29H33N3O7S. The summed E-state index contributed by atoms with van der Waals surface area (Å²) in [5.74, 6) is -0.0470. The summed E-state index contributed by atoms with van der Waals surface area (Å²) in [6.07, 6.45) is 1.35. The monoisotopic (exact) mass is 567 g/mol. The number of nitrogen functional groups attached to an aromatic ring is 1. The first kappa shape index (κ1) is 29.1. The molecule has 0 bridgehead atoms. The molecule has 4 N–H and O–H groups in total. The molecule has 4 rings (SSSR count). The molecule has 0 radical (unpaired) electrons. The fourth-order valence-electron chi connectivity index (χ4n) is 4.29. The number of rotatable bonds is 12. The van der Waals surface area contributed by atoms with Crippen molar-refractivity contribution in [3.05, 3.63) is 96.3 Å².